The first-order chi connectivity index (χ1) is 5.77. The van der Waals surface area contributed by atoms with Crippen molar-refractivity contribution in [2.75, 3.05) is 0 Å². The fraction of sp³-hybridized carbons (Fsp3) is 0.375. The van der Waals surface area contributed by atoms with Crippen LogP contribution in [0.2, 0.25) is 0 Å². The molecular weight excluding hydrogens is 154 g/mol. The number of pyridine rings is 1. The van der Waals surface area contributed by atoms with Crippen LogP contribution in [0.25, 0.3) is 11.2 Å². The van der Waals surface area contributed by atoms with Gasteiger partial charge in [0, 0.05) is 6.20 Å². The molecule has 12 heavy (non-hydrogen) atoms. The predicted octanol–water partition coefficient (Wildman–Crippen LogP) is 1.74. The van der Waals surface area contributed by atoms with E-state index in [9.17, 15) is 0 Å². The van der Waals surface area contributed by atoms with Crippen molar-refractivity contribution in [1.82, 2.24) is 15.3 Å². The molecule has 4 nitrogen and oxygen atoms in total. The molecule has 0 unspecified atom stereocenters. The molecule has 2 heterocycles. The molecule has 0 amide bonds. The molecule has 4 heteroatoms. The molecule has 0 fully saturated rings. The van der Waals surface area contributed by atoms with E-state index in [1.54, 1.807) is 6.20 Å². The Bertz CT molecular complexity index is 394. The van der Waals surface area contributed by atoms with Crippen LogP contribution >= 0.6 is 0 Å². The maximum absolute atomic E-state index is 4.54. The molecule has 2 rings (SSSR count). The lowest BCUT2D eigenvalue weighted by molar-refractivity contribution is 0.315. The van der Waals surface area contributed by atoms with Crippen LogP contribution in [0.5, 0.6) is 0 Å². The highest BCUT2D eigenvalue weighted by Gasteiger charge is 2.04. The van der Waals surface area contributed by atoms with E-state index in [-0.39, 0.29) is 0 Å². The summed E-state index contributed by atoms with van der Waals surface area (Å²) in [5, 5.41) is 7.34. The Balaban J connectivity index is 2.60. The molecule has 0 aliphatic heterocycles. The van der Waals surface area contributed by atoms with E-state index in [0.29, 0.717) is 11.6 Å². The second-order valence-electron chi connectivity index (χ2n) is 3.03. The normalized spacial score (nSPS) is 11.2. The maximum Gasteiger partial charge on any atom is 0.224 e. The average Bonchev–Trinajstić information content (AvgIpc) is 2.49. The number of aromatic nitrogens is 3. The highest BCUT2D eigenvalue weighted by Crippen LogP contribution is 2.16. The average molecular weight is 163 g/mol. The van der Waals surface area contributed by atoms with Crippen LogP contribution < -0.4 is 0 Å². The summed E-state index contributed by atoms with van der Waals surface area (Å²) in [7, 11) is 0. The van der Waals surface area contributed by atoms with Crippen molar-refractivity contribution in [2.45, 2.75) is 19.8 Å². The summed E-state index contributed by atoms with van der Waals surface area (Å²) in [6.45, 7) is 4.21. The number of hydrogen-bond acceptors (Lipinski definition) is 4. The van der Waals surface area contributed by atoms with E-state index >= 15 is 0 Å². The Morgan fingerprint density at radius 3 is 2.92 bits per heavy atom. The van der Waals surface area contributed by atoms with Gasteiger partial charge in [0.1, 0.15) is 0 Å². The standard InChI is InChI=1S/C8H9N3O/c1-5(2)6-3-7-8(9-4-6)11-12-10-7/h3-5H,1-2H3. The quantitative estimate of drug-likeness (QED) is 0.642. The number of hydrogen-bond donors (Lipinski definition) is 0. The fourth-order valence-electron chi connectivity index (χ4n) is 1.02. The van der Waals surface area contributed by atoms with Crippen LogP contribution in [0, 0.1) is 0 Å². The van der Waals surface area contributed by atoms with Crippen LogP contribution in [0.3, 0.4) is 0 Å². The van der Waals surface area contributed by atoms with Crippen molar-refractivity contribution in [3.05, 3.63) is 17.8 Å². The molecule has 0 saturated carbocycles. The van der Waals surface area contributed by atoms with Crippen molar-refractivity contribution < 1.29 is 4.63 Å². The van der Waals surface area contributed by atoms with Gasteiger partial charge in [-0.3, -0.25) is 0 Å². The zero-order chi connectivity index (χ0) is 8.55. The summed E-state index contributed by atoms with van der Waals surface area (Å²) in [5.41, 5.74) is 2.44. The van der Waals surface area contributed by atoms with Crippen LogP contribution in [0.1, 0.15) is 25.3 Å². The zero-order valence-electron chi connectivity index (χ0n) is 6.98. The van der Waals surface area contributed by atoms with E-state index in [1.807, 2.05) is 6.07 Å². The molecule has 0 aliphatic carbocycles. The summed E-state index contributed by atoms with van der Waals surface area (Å²) in [4.78, 5) is 4.10. The van der Waals surface area contributed by atoms with Gasteiger partial charge in [-0.25, -0.2) is 9.61 Å². The Labute approximate surface area is 69.6 Å². The summed E-state index contributed by atoms with van der Waals surface area (Å²) in [5.74, 6) is 0.457. The highest BCUT2D eigenvalue weighted by molar-refractivity contribution is 5.68. The van der Waals surface area contributed by atoms with Crippen LogP contribution in [-0.4, -0.2) is 15.3 Å². The molecule has 62 valence electrons. The van der Waals surface area contributed by atoms with Gasteiger partial charge in [-0.05, 0) is 27.9 Å². The molecular formula is C8H9N3O. The van der Waals surface area contributed by atoms with Crippen molar-refractivity contribution in [1.29, 1.82) is 0 Å². The Morgan fingerprint density at radius 1 is 1.33 bits per heavy atom. The number of rotatable bonds is 1. The maximum atomic E-state index is 4.54. The molecule has 0 radical (unpaired) electrons. The second kappa shape index (κ2) is 2.55. The van der Waals surface area contributed by atoms with Crippen molar-refractivity contribution in [3.63, 3.8) is 0 Å². The summed E-state index contributed by atoms with van der Waals surface area (Å²) >= 11 is 0. The van der Waals surface area contributed by atoms with Gasteiger partial charge >= 0.3 is 0 Å². The van der Waals surface area contributed by atoms with Gasteiger partial charge in [0.25, 0.3) is 0 Å². The van der Waals surface area contributed by atoms with Gasteiger partial charge in [-0.1, -0.05) is 13.8 Å². The van der Waals surface area contributed by atoms with Gasteiger partial charge in [-0.2, -0.15) is 0 Å². The van der Waals surface area contributed by atoms with Gasteiger partial charge in [0.15, 0.2) is 5.52 Å². The lowest BCUT2D eigenvalue weighted by Crippen LogP contribution is -1.88. The lowest BCUT2D eigenvalue weighted by Gasteiger charge is -2.01. The molecule has 0 N–H and O–H groups in total. The first-order valence-electron chi connectivity index (χ1n) is 3.85. The van der Waals surface area contributed by atoms with Gasteiger partial charge < -0.3 is 0 Å². The molecule has 0 atom stereocenters. The summed E-state index contributed by atoms with van der Waals surface area (Å²) in [6.07, 6.45) is 1.80. The van der Waals surface area contributed by atoms with Crippen molar-refractivity contribution >= 4 is 11.2 Å². The SMILES string of the molecule is CC(C)c1cnc2nonc2c1. The lowest BCUT2D eigenvalue weighted by atomic mass is 10.1. The topological polar surface area (TPSA) is 51.8 Å². The van der Waals surface area contributed by atoms with Gasteiger partial charge in [-0.15, -0.1) is 0 Å². The minimum Gasteiger partial charge on any atom is -0.242 e. The van der Waals surface area contributed by atoms with Gasteiger partial charge in [0.2, 0.25) is 5.65 Å². The smallest absolute Gasteiger partial charge is 0.224 e. The summed E-state index contributed by atoms with van der Waals surface area (Å²) in [6, 6.07) is 1.95. The third-order valence-corrected chi connectivity index (χ3v) is 1.80. The van der Waals surface area contributed by atoms with E-state index in [2.05, 4.69) is 33.8 Å². The van der Waals surface area contributed by atoms with E-state index in [4.69, 9.17) is 0 Å². The Kier molecular flexibility index (Phi) is 1.53. The van der Waals surface area contributed by atoms with Crippen LogP contribution in [-0.2, 0) is 0 Å². The Morgan fingerprint density at radius 2 is 2.17 bits per heavy atom. The molecule has 0 aromatic carbocycles. The van der Waals surface area contributed by atoms with Gasteiger partial charge in [0.05, 0.1) is 0 Å². The van der Waals surface area contributed by atoms with E-state index < -0.39 is 0 Å². The molecule has 0 aliphatic rings. The van der Waals surface area contributed by atoms with Crippen LogP contribution in [0.4, 0.5) is 0 Å². The minimum atomic E-state index is 0.457. The summed E-state index contributed by atoms with van der Waals surface area (Å²) < 4.78 is 4.54. The molecule has 0 bridgehead atoms. The highest BCUT2D eigenvalue weighted by atomic mass is 16.6. The number of nitrogens with zero attached hydrogens (tertiary/aromatic N) is 3. The third kappa shape index (κ3) is 1.05. The molecule has 2 aromatic heterocycles. The fourth-order valence-corrected chi connectivity index (χ4v) is 1.02. The second-order valence-corrected chi connectivity index (χ2v) is 3.03. The minimum absolute atomic E-state index is 0.457. The first kappa shape index (κ1) is 7.21. The molecule has 2 aromatic rings. The first-order valence-corrected chi connectivity index (χ1v) is 3.85. The predicted molar refractivity (Wildman–Crippen MR) is 43.7 cm³/mol. The van der Waals surface area contributed by atoms with E-state index in [0.717, 1.165) is 11.1 Å². The number of fused-ring (bicyclic) bond motifs is 1. The molecule has 0 saturated heterocycles. The molecule has 0 spiro atoms. The zero-order valence-corrected chi connectivity index (χ0v) is 6.98. The monoisotopic (exact) mass is 163 g/mol. The Hall–Kier alpha value is -1.45. The van der Waals surface area contributed by atoms with Crippen molar-refractivity contribution in [3.8, 4) is 0 Å². The largest absolute Gasteiger partial charge is 0.242 e. The van der Waals surface area contributed by atoms with E-state index in [1.165, 1.54) is 0 Å². The van der Waals surface area contributed by atoms with Crippen molar-refractivity contribution in [2.24, 2.45) is 0 Å². The third-order valence-electron chi connectivity index (χ3n) is 1.80. The van der Waals surface area contributed by atoms with Crippen LogP contribution in [0.15, 0.2) is 16.9 Å².